The molecule has 3 heteroatoms. The number of amides is 1. The first-order chi connectivity index (χ1) is 7.68. The Balaban J connectivity index is 1.93. The fraction of sp³-hybridized carbons (Fsp3) is 0.923. The molecule has 1 fully saturated rings. The molecule has 1 N–H and O–H groups in total. The molecule has 0 aliphatic heterocycles. The Morgan fingerprint density at radius 3 is 2.62 bits per heavy atom. The van der Waals surface area contributed by atoms with Gasteiger partial charge in [0.2, 0.25) is 0 Å². The van der Waals surface area contributed by atoms with E-state index in [9.17, 15) is 4.79 Å². The highest BCUT2D eigenvalue weighted by atomic mass is 16.6. The number of ether oxygens (including phenoxy) is 1. The number of carbonyl (C=O) groups is 1. The van der Waals surface area contributed by atoms with Crippen molar-refractivity contribution in [1.29, 1.82) is 0 Å². The fourth-order valence-corrected chi connectivity index (χ4v) is 2.07. The van der Waals surface area contributed by atoms with Crippen molar-refractivity contribution in [3.8, 4) is 0 Å². The van der Waals surface area contributed by atoms with Gasteiger partial charge in [-0.15, -0.1) is 0 Å². The van der Waals surface area contributed by atoms with Crippen LogP contribution in [-0.2, 0) is 4.74 Å². The van der Waals surface area contributed by atoms with Gasteiger partial charge in [-0.25, -0.2) is 4.79 Å². The zero-order valence-electron chi connectivity index (χ0n) is 10.6. The van der Waals surface area contributed by atoms with Gasteiger partial charge in [0.1, 0.15) is 6.10 Å². The van der Waals surface area contributed by atoms with Crippen LogP contribution in [0.5, 0.6) is 0 Å². The summed E-state index contributed by atoms with van der Waals surface area (Å²) in [5.41, 5.74) is 0. The summed E-state index contributed by atoms with van der Waals surface area (Å²) in [6.07, 6.45) is 7.91. The summed E-state index contributed by atoms with van der Waals surface area (Å²) in [6.45, 7) is 5.20. The van der Waals surface area contributed by atoms with Gasteiger partial charge >= 0.3 is 6.09 Å². The Morgan fingerprint density at radius 1 is 1.31 bits per heavy atom. The molecule has 1 aliphatic rings. The van der Waals surface area contributed by atoms with Crippen LogP contribution in [0.2, 0.25) is 0 Å². The first kappa shape index (κ1) is 13.3. The maximum Gasteiger partial charge on any atom is 0.407 e. The van der Waals surface area contributed by atoms with E-state index in [2.05, 4.69) is 19.2 Å². The molecular weight excluding hydrogens is 202 g/mol. The minimum absolute atomic E-state index is 0.177. The van der Waals surface area contributed by atoms with Crippen molar-refractivity contribution in [2.75, 3.05) is 6.54 Å². The SMILES string of the molecule is CC(C)CCCCNC(=O)OC1CCCC1. The summed E-state index contributed by atoms with van der Waals surface area (Å²) in [4.78, 5) is 11.4. The van der Waals surface area contributed by atoms with E-state index in [1.165, 1.54) is 25.7 Å². The summed E-state index contributed by atoms with van der Waals surface area (Å²) in [6, 6.07) is 0. The molecule has 1 saturated carbocycles. The molecule has 0 aromatic rings. The van der Waals surface area contributed by atoms with Crippen molar-refractivity contribution >= 4 is 6.09 Å². The van der Waals surface area contributed by atoms with Crippen LogP contribution in [0.15, 0.2) is 0 Å². The lowest BCUT2D eigenvalue weighted by Gasteiger charge is -2.12. The molecule has 0 aromatic carbocycles. The average molecular weight is 227 g/mol. The van der Waals surface area contributed by atoms with E-state index in [-0.39, 0.29) is 12.2 Å². The second-order valence-corrected chi connectivity index (χ2v) is 5.13. The van der Waals surface area contributed by atoms with E-state index in [0.29, 0.717) is 0 Å². The van der Waals surface area contributed by atoms with Crippen LogP contribution in [0.1, 0.15) is 58.8 Å². The van der Waals surface area contributed by atoms with E-state index >= 15 is 0 Å². The zero-order valence-corrected chi connectivity index (χ0v) is 10.6. The van der Waals surface area contributed by atoms with Gasteiger partial charge < -0.3 is 10.1 Å². The van der Waals surface area contributed by atoms with E-state index in [4.69, 9.17) is 4.74 Å². The predicted molar refractivity (Wildman–Crippen MR) is 65.4 cm³/mol. The third kappa shape index (κ3) is 5.99. The van der Waals surface area contributed by atoms with Gasteiger partial charge in [0.25, 0.3) is 0 Å². The molecule has 0 bridgehead atoms. The second-order valence-electron chi connectivity index (χ2n) is 5.13. The van der Waals surface area contributed by atoms with E-state index in [1.54, 1.807) is 0 Å². The van der Waals surface area contributed by atoms with E-state index in [1.807, 2.05) is 0 Å². The molecule has 3 nitrogen and oxygen atoms in total. The van der Waals surface area contributed by atoms with Crippen molar-refractivity contribution in [3.63, 3.8) is 0 Å². The highest BCUT2D eigenvalue weighted by molar-refractivity contribution is 5.67. The molecule has 0 radical (unpaired) electrons. The molecule has 1 aliphatic carbocycles. The number of alkyl carbamates (subject to hydrolysis) is 1. The number of hydrogen-bond donors (Lipinski definition) is 1. The summed E-state index contributed by atoms with van der Waals surface area (Å²) in [7, 11) is 0. The molecule has 94 valence electrons. The van der Waals surface area contributed by atoms with Crippen molar-refractivity contribution in [2.24, 2.45) is 5.92 Å². The summed E-state index contributed by atoms with van der Waals surface area (Å²) >= 11 is 0. The second kappa shape index (κ2) is 7.53. The standard InChI is InChI=1S/C13H25NO2/c1-11(2)7-5-6-10-14-13(15)16-12-8-3-4-9-12/h11-12H,3-10H2,1-2H3,(H,14,15). The number of unbranched alkanes of at least 4 members (excludes halogenated alkanes) is 1. The third-order valence-electron chi connectivity index (χ3n) is 3.05. The first-order valence-corrected chi connectivity index (χ1v) is 6.63. The normalized spacial score (nSPS) is 16.7. The molecule has 0 atom stereocenters. The average Bonchev–Trinajstić information content (AvgIpc) is 2.69. The van der Waals surface area contributed by atoms with Gasteiger partial charge in [0.15, 0.2) is 0 Å². The van der Waals surface area contributed by atoms with Crippen LogP contribution in [0, 0.1) is 5.92 Å². The van der Waals surface area contributed by atoms with Crippen LogP contribution in [0.4, 0.5) is 4.79 Å². The predicted octanol–water partition coefficient (Wildman–Crippen LogP) is 3.48. The Kier molecular flexibility index (Phi) is 6.27. The summed E-state index contributed by atoms with van der Waals surface area (Å²) in [5, 5.41) is 2.82. The van der Waals surface area contributed by atoms with Gasteiger partial charge in [-0.05, 0) is 38.0 Å². The largest absolute Gasteiger partial charge is 0.446 e. The Morgan fingerprint density at radius 2 is 2.00 bits per heavy atom. The Hall–Kier alpha value is -0.730. The minimum atomic E-state index is -0.226. The Labute approximate surface area is 98.9 Å². The maximum atomic E-state index is 11.4. The molecule has 16 heavy (non-hydrogen) atoms. The molecule has 0 aromatic heterocycles. The molecule has 0 saturated heterocycles. The van der Waals surface area contributed by atoms with E-state index < -0.39 is 0 Å². The number of hydrogen-bond acceptors (Lipinski definition) is 2. The van der Waals surface area contributed by atoms with Gasteiger partial charge in [-0.3, -0.25) is 0 Å². The molecular formula is C13H25NO2. The summed E-state index contributed by atoms with van der Waals surface area (Å²) in [5.74, 6) is 0.755. The third-order valence-corrected chi connectivity index (χ3v) is 3.05. The van der Waals surface area contributed by atoms with Crippen molar-refractivity contribution in [2.45, 2.75) is 64.9 Å². The maximum absolute atomic E-state index is 11.4. The highest BCUT2D eigenvalue weighted by Gasteiger charge is 2.18. The van der Waals surface area contributed by atoms with Crippen molar-refractivity contribution < 1.29 is 9.53 Å². The lowest BCUT2D eigenvalue weighted by molar-refractivity contribution is 0.101. The van der Waals surface area contributed by atoms with Crippen LogP contribution in [0.3, 0.4) is 0 Å². The van der Waals surface area contributed by atoms with Crippen LogP contribution in [-0.4, -0.2) is 18.7 Å². The minimum Gasteiger partial charge on any atom is -0.446 e. The smallest absolute Gasteiger partial charge is 0.407 e. The number of nitrogens with one attached hydrogen (secondary N) is 1. The highest BCUT2D eigenvalue weighted by Crippen LogP contribution is 2.20. The topological polar surface area (TPSA) is 38.3 Å². The molecule has 1 amide bonds. The lowest BCUT2D eigenvalue weighted by Crippen LogP contribution is -2.28. The molecule has 0 heterocycles. The van der Waals surface area contributed by atoms with Gasteiger partial charge in [0, 0.05) is 6.54 Å². The van der Waals surface area contributed by atoms with Crippen molar-refractivity contribution in [3.05, 3.63) is 0 Å². The Bertz CT molecular complexity index is 198. The summed E-state index contributed by atoms with van der Waals surface area (Å²) < 4.78 is 5.29. The van der Waals surface area contributed by atoms with Gasteiger partial charge in [-0.1, -0.05) is 26.7 Å². The fourth-order valence-electron chi connectivity index (χ4n) is 2.07. The monoisotopic (exact) mass is 227 g/mol. The van der Waals surface area contributed by atoms with Crippen LogP contribution in [0.25, 0.3) is 0 Å². The molecule has 0 spiro atoms. The number of carbonyl (C=O) groups excluding carboxylic acids is 1. The van der Waals surface area contributed by atoms with Gasteiger partial charge in [-0.2, -0.15) is 0 Å². The lowest BCUT2D eigenvalue weighted by atomic mass is 10.1. The first-order valence-electron chi connectivity index (χ1n) is 6.63. The van der Waals surface area contributed by atoms with Crippen LogP contribution >= 0.6 is 0 Å². The number of rotatable bonds is 6. The zero-order chi connectivity index (χ0) is 11.8. The molecule has 0 unspecified atom stereocenters. The van der Waals surface area contributed by atoms with Crippen LogP contribution < -0.4 is 5.32 Å². The van der Waals surface area contributed by atoms with Crippen molar-refractivity contribution in [1.82, 2.24) is 5.32 Å². The van der Waals surface area contributed by atoms with Gasteiger partial charge in [0.05, 0.1) is 0 Å². The quantitative estimate of drug-likeness (QED) is 0.705. The molecule has 1 rings (SSSR count). The van der Waals surface area contributed by atoms with E-state index in [0.717, 1.165) is 31.7 Å².